The molecule has 0 aliphatic heterocycles. The van der Waals surface area contributed by atoms with Crippen molar-refractivity contribution in [3.8, 4) is 17.4 Å². The second-order valence-electron chi connectivity index (χ2n) is 4.60. The van der Waals surface area contributed by atoms with E-state index in [0.29, 0.717) is 5.56 Å². The fourth-order valence-corrected chi connectivity index (χ4v) is 2.75. The number of oxazole rings is 1. The Bertz CT molecular complexity index is 933. The van der Waals surface area contributed by atoms with Gasteiger partial charge in [0.2, 0.25) is 5.89 Å². The van der Waals surface area contributed by atoms with E-state index in [0.717, 1.165) is 6.21 Å². The summed E-state index contributed by atoms with van der Waals surface area (Å²) in [7, 11) is -3.85. The minimum atomic E-state index is -3.85. The topological polar surface area (TPSA) is 92.8 Å². The first-order valence-electron chi connectivity index (χ1n) is 6.67. The summed E-state index contributed by atoms with van der Waals surface area (Å²) in [6, 6.07) is 16.7. The van der Waals surface area contributed by atoms with Gasteiger partial charge < -0.3 is 9.52 Å². The maximum Gasteiger partial charge on any atom is 0.312 e. The summed E-state index contributed by atoms with van der Waals surface area (Å²) in [5, 5.41) is 9.74. The van der Waals surface area contributed by atoms with Crippen LogP contribution in [0.3, 0.4) is 0 Å². The molecule has 0 unspecified atom stereocenters. The molecule has 6 nitrogen and oxygen atoms in total. The van der Waals surface area contributed by atoms with Gasteiger partial charge in [-0.05, 0) is 24.3 Å². The van der Waals surface area contributed by atoms with Crippen LogP contribution in [-0.2, 0) is 10.0 Å². The zero-order chi connectivity index (χ0) is 16.3. The molecular weight excluding hydrogens is 316 g/mol. The Balaban J connectivity index is 1.91. The summed E-state index contributed by atoms with van der Waals surface area (Å²) in [6.07, 6.45) is 0.966. The summed E-state index contributed by atoms with van der Waals surface area (Å²) in [6.45, 7) is 0. The summed E-state index contributed by atoms with van der Waals surface area (Å²) in [5.41, 5.74) is 0.608. The third-order valence-electron chi connectivity index (χ3n) is 3.01. The number of rotatable bonds is 4. The van der Waals surface area contributed by atoms with E-state index in [-0.39, 0.29) is 16.5 Å². The maximum absolute atomic E-state index is 12.1. The first-order chi connectivity index (χ1) is 11.1. The van der Waals surface area contributed by atoms with Crippen LogP contribution >= 0.6 is 0 Å². The fourth-order valence-electron chi connectivity index (χ4n) is 1.88. The van der Waals surface area contributed by atoms with Gasteiger partial charge in [0.1, 0.15) is 0 Å². The van der Waals surface area contributed by atoms with Crippen LogP contribution in [0.5, 0.6) is 5.95 Å². The van der Waals surface area contributed by atoms with E-state index in [1.807, 2.05) is 6.07 Å². The molecule has 0 saturated heterocycles. The maximum atomic E-state index is 12.1. The van der Waals surface area contributed by atoms with Crippen molar-refractivity contribution in [3.05, 3.63) is 66.4 Å². The lowest BCUT2D eigenvalue weighted by Gasteiger charge is -1.96. The number of aromatic hydroxyl groups is 1. The highest BCUT2D eigenvalue weighted by atomic mass is 32.2. The first kappa shape index (κ1) is 15.0. The molecule has 23 heavy (non-hydrogen) atoms. The van der Waals surface area contributed by atoms with Crippen LogP contribution < -0.4 is 0 Å². The van der Waals surface area contributed by atoms with Gasteiger partial charge in [0.15, 0.2) is 5.69 Å². The standard InChI is InChI=1S/C16H12N2O4S/c19-16-14(18-15(22-16)12-7-3-1-4-8-12)11-17-23(20,21)13-9-5-2-6-10-13/h1-11,19H/b17-11+. The summed E-state index contributed by atoms with van der Waals surface area (Å²) >= 11 is 0. The largest absolute Gasteiger partial charge is 0.479 e. The van der Waals surface area contributed by atoms with Crippen molar-refractivity contribution in [1.82, 2.24) is 4.98 Å². The van der Waals surface area contributed by atoms with Crippen molar-refractivity contribution >= 4 is 16.2 Å². The Morgan fingerprint density at radius 3 is 2.26 bits per heavy atom. The highest BCUT2D eigenvalue weighted by molar-refractivity contribution is 7.90. The van der Waals surface area contributed by atoms with Gasteiger partial charge in [-0.2, -0.15) is 12.8 Å². The molecule has 0 saturated carbocycles. The molecular formula is C16H12N2O4S. The first-order valence-corrected chi connectivity index (χ1v) is 8.11. The van der Waals surface area contributed by atoms with Crippen LogP contribution in [0.4, 0.5) is 0 Å². The quantitative estimate of drug-likeness (QED) is 0.743. The lowest BCUT2D eigenvalue weighted by atomic mass is 10.2. The van der Waals surface area contributed by atoms with E-state index in [1.165, 1.54) is 12.1 Å². The molecule has 1 N–H and O–H groups in total. The van der Waals surface area contributed by atoms with Gasteiger partial charge in [-0.3, -0.25) is 0 Å². The van der Waals surface area contributed by atoms with Crippen molar-refractivity contribution in [1.29, 1.82) is 0 Å². The van der Waals surface area contributed by atoms with Crippen LogP contribution in [0.2, 0.25) is 0 Å². The minimum Gasteiger partial charge on any atom is -0.479 e. The Kier molecular flexibility index (Phi) is 3.94. The SMILES string of the molecule is O=S(=O)(/N=C/c1nc(-c2ccccc2)oc1O)c1ccccc1. The van der Waals surface area contributed by atoms with Crippen molar-refractivity contribution < 1.29 is 17.9 Å². The Morgan fingerprint density at radius 1 is 1.00 bits per heavy atom. The fraction of sp³-hybridized carbons (Fsp3) is 0. The molecule has 1 heterocycles. The van der Waals surface area contributed by atoms with Crippen molar-refractivity contribution in [2.45, 2.75) is 4.90 Å². The third-order valence-corrected chi connectivity index (χ3v) is 4.26. The Labute approximate surface area is 132 Å². The average Bonchev–Trinajstić information content (AvgIpc) is 2.96. The van der Waals surface area contributed by atoms with Crippen LogP contribution in [-0.4, -0.2) is 24.7 Å². The monoisotopic (exact) mass is 328 g/mol. The van der Waals surface area contributed by atoms with E-state index in [9.17, 15) is 13.5 Å². The molecule has 0 amide bonds. The second-order valence-corrected chi connectivity index (χ2v) is 6.23. The van der Waals surface area contributed by atoms with Crippen LogP contribution in [0, 0.1) is 0 Å². The highest BCUT2D eigenvalue weighted by Crippen LogP contribution is 2.25. The van der Waals surface area contributed by atoms with Crippen LogP contribution in [0.15, 0.2) is 74.4 Å². The smallest absolute Gasteiger partial charge is 0.312 e. The van der Waals surface area contributed by atoms with Gasteiger partial charge in [-0.15, -0.1) is 0 Å². The predicted molar refractivity (Wildman–Crippen MR) is 84.8 cm³/mol. The van der Waals surface area contributed by atoms with E-state index < -0.39 is 16.0 Å². The summed E-state index contributed by atoms with van der Waals surface area (Å²) in [4.78, 5) is 4.10. The molecule has 3 rings (SSSR count). The van der Waals surface area contributed by atoms with E-state index in [1.54, 1.807) is 42.5 Å². The molecule has 2 aromatic carbocycles. The van der Waals surface area contributed by atoms with Crippen LogP contribution in [0.1, 0.15) is 5.69 Å². The Hall–Kier alpha value is -2.93. The Morgan fingerprint density at radius 2 is 1.61 bits per heavy atom. The number of sulfonamides is 1. The van der Waals surface area contributed by atoms with Crippen molar-refractivity contribution in [2.24, 2.45) is 4.40 Å². The van der Waals surface area contributed by atoms with Crippen molar-refractivity contribution in [3.63, 3.8) is 0 Å². The van der Waals surface area contributed by atoms with Gasteiger partial charge >= 0.3 is 5.95 Å². The van der Waals surface area contributed by atoms with E-state index in [2.05, 4.69) is 9.38 Å². The van der Waals surface area contributed by atoms with E-state index in [4.69, 9.17) is 4.42 Å². The van der Waals surface area contributed by atoms with Gasteiger partial charge in [0, 0.05) is 5.56 Å². The highest BCUT2D eigenvalue weighted by Gasteiger charge is 2.15. The van der Waals surface area contributed by atoms with Gasteiger partial charge in [-0.25, -0.2) is 4.98 Å². The van der Waals surface area contributed by atoms with Crippen LogP contribution in [0.25, 0.3) is 11.5 Å². The molecule has 0 atom stereocenters. The summed E-state index contributed by atoms with van der Waals surface area (Å²) in [5.74, 6) is -0.308. The van der Waals surface area contributed by atoms with Gasteiger partial charge in [-0.1, -0.05) is 36.4 Å². The number of nitrogens with zero attached hydrogens (tertiary/aromatic N) is 2. The molecule has 0 radical (unpaired) electrons. The molecule has 3 aromatic rings. The van der Waals surface area contributed by atoms with Gasteiger partial charge in [0.05, 0.1) is 11.1 Å². The second kappa shape index (κ2) is 6.05. The third kappa shape index (κ3) is 3.29. The molecule has 0 spiro atoms. The average molecular weight is 328 g/mol. The molecule has 0 aliphatic carbocycles. The number of hydrogen-bond acceptors (Lipinski definition) is 5. The predicted octanol–water partition coefficient (Wildman–Crippen LogP) is 2.86. The number of aromatic nitrogens is 1. The molecule has 1 aromatic heterocycles. The lowest BCUT2D eigenvalue weighted by molar-refractivity contribution is 0.337. The zero-order valence-corrected chi connectivity index (χ0v) is 12.6. The van der Waals surface area contributed by atoms with Crippen molar-refractivity contribution in [2.75, 3.05) is 0 Å². The molecule has 0 aliphatic rings. The number of hydrogen-bond donors (Lipinski definition) is 1. The summed E-state index contributed by atoms with van der Waals surface area (Å²) < 4.78 is 32.8. The molecule has 0 bridgehead atoms. The minimum absolute atomic E-state index is 0.0524. The van der Waals surface area contributed by atoms with Gasteiger partial charge in [0.25, 0.3) is 10.0 Å². The normalized spacial score (nSPS) is 11.8. The number of benzene rings is 2. The molecule has 116 valence electrons. The lowest BCUT2D eigenvalue weighted by Crippen LogP contribution is -1.97. The molecule has 0 fully saturated rings. The molecule has 7 heteroatoms. The zero-order valence-electron chi connectivity index (χ0n) is 11.8. The van der Waals surface area contributed by atoms with E-state index >= 15 is 0 Å².